The first kappa shape index (κ1) is 113. The first-order valence-corrected chi connectivity index (χ1v) is 50.4. The van der Waals surface area contributed by atoms with Gasteiger partial charge in [0, 0.05) is 111 Å². The molecule has 2 aliphatic carbocycles. The lowest BCUT2D eigenvalue weighted by Crippen LogP contribution is -2.62. The largest absolute Gasteiger partial charge is 0.460 e. The fourth-order valence-electron chi connectivity index (χ4n) is 21.7. The molecule has 0 radical (unpaired) electrons. The zero-order chi connectivity index (χ0) is 101. The molecule has 6 aliphatic heterocycles. The van der Waals surface area contributed by atoms with E-state index in [0.717, 1.165) is 36.8 Å². The number of aliphatic hydroxyl groups excluding tert-OH is 2. The lowest BCUT2D eigenvalue weighted by molar-refractivity contribution is -0.231. The monoisotopic (exact) mass is 1930 g/mol. The van der Waals surface area contributed by atoms with Crippen molar-refractivity contribution in [2.24, 2.45) is 71.0 Å². The van der Waals surface area contributed by atoms with Gasteiger partial charge in [-0.15, -0.1) is 10.2 Å². The summed E-state index contributed by atoms with van der Waals surface area (Å²) in [7, 11) is 9.32. The number of cyclic esters (lactones) is 2. The molecular formula is C105H160N10O23. The van der Waals surface area contributed by atoms with Crippen LogP contribution in [0.15, 0.2) is 108 Å². The van der Waals surface area contributed by atoms with Crippen molar-refractivity contribution in [1.29, 1.82) is 0 Å². The standard InChI is InChI=1S/C53H81N5O11.C52H79N5O12/c1-32-17-13-12-14-18-33(2)44(65-9)29-40-22-20-38(7)53(8,69-40)50(62)51(63)57-24-16-15-19-42(57)52(64)68-45(35(4)27-39-21-23-41(46(28-39)66-10)58-31-54-55-56-58)30-43(59)34(3)26-37(6)48(61)49(67-11)47(60)36(5)25-32;1-31-16-12-11-13-17-32(2)43(65-8)28-39-21-19-33(3)49(61)52(64,69-39)51(63)56-23-15-14-18-41(56)50(62)68-44(35(5)26-38-20-22-40(45(27-38)66-9)57-30-53-54-55-57)29-42(58)34(4)25-37(7)47(60)48(67-10)46(59)36(6)24-31/h12-14,17-18,26,31-32,34-36,38-42,44-46,48-49,61H,15-16,19-25,27-30H2,1-11H3;11-13,16-17,25,30-31,33-36,38-41,43-45,47-48,60,64H,14-15,18-24,26-29H2,1-10H3/b14-12?,17-13+,33-18?,37-26+;13-11+,16-12+,32-17?,37-25+/t32-,34-,35-,36-,38-,39+,40+,41+,42+,44+,45+,46-,48-,49+,53-;31-,33-,34-,35-,36-,38+,39+,40+,41+,43+,44+,45-,47-,48+,52?/m11/s1. The number of esters is 2. The quantitative estimate of drug-likeness (QED) is 0.0684. The van der Waals surface area contributed by atoms with Crippen molar-refractivity contribution >= 4 is 58.5 Å². The van der Waals surface area contributed by atoms with E-state index in [1.807, 2.05) is 123 Å². The number of piperidine rings is 2. The van der Waals surface area contributed by atoms with E-state index in [0.29, 0.717) is 114 Å². The zero-order valence-electron chi connectivity index (χ0n) is 85.6. The molecule has 0 spiro atoms. The molecule has 768 valence electrons. The van der Waals surface area contributed by atoms with Crippen molar-refractivity contribution in [1.82, 2.24) is 50.2 Å². The van der Waals surface area contributed by atoms with E-state index in [4.69, 9.17) is 47.4 Å². The van der Waals surface area contributed by atoms with E-state index >= 15 is 0 Å². The number of Topliss-reactive ketones (excluding diaryl/α,β-unsaturated/α-hetero) is 6. The SMILES string of the molecule is CO[C@H]1C[C@@H]2CC[C@@H](C)C(=O)C(O)(O2)C(=O)N2CCCC[C@H]2C(=O)O[C@H]([C@H](C)C[C@@H]2CC[C@H](n3cnnn3)[C@H](OC)C2)CC(=O)[C@H](C)/C=C(\C)[C@@H](O)[C@@H](OC)C(=O)[C@H](C)C[C@H](C)/C=C/C=C/C=C1C.CO[C@H]1C[C@@H]2CC[C@@H](C)[C@@](C)(O2)C(=O)C(=O)N2CCCC[C@H]2C(=O)O[C@H]([C@H](C)C[C@@H]2CC[C@H](n3cnnn3)[C@H](OC)C2)CC(=O)[C@H](C)/C=C(\C)[C@@H](O)[C@@H](OC)C(=O)[C@H](C)C[C@H](C)/C=C/C=CC=C1C. The Morgan fingerprint density at radius 1 is 0.471 bits per heavy atom. The van der Waals surface area contributed by atoms with Crippen molar-refractivity contribution in [3.63, 3.8) is 0 Å². The number of carbonyl (C=O) groups is 10. The molecule has 3 N–H and O–H groups in total. The molecule has 30 atom stereocenters. The number of fused-ring (bicyclic) bond motifs is 6. The summed E-state index contributed by atoms with van der Waals surface area (Å²) in [6.07, 6.45) is 29.0. The summed E-state index contributed by atoms with van der Waals surface area (Å²) < 4.78 is 63.9. The Labute approximate surface area is 816 Å². The molecule has 2 amide bonds. The molecule has 2 aromatic heterocycles. The number of ketones is 6. The molecular weight excluding hydrogens is 1770 g/mol. The summed E-state index contributed by atoms with van der Waals surface area (Å²) in [5.74, 6) is -12.1. The highest BCUT2D eigenvalue weighted by Crippen LogP contribution is 2.44. The van der Waals surface area contributed by atoms with Gasteiger partial charge in [-0.25, -0.2) is 19.0 Å². The van der Waals surface area contributed by atoms with Crippen molar-refractivity contribution in [2.75, 3.05) is 55.7 Å². The third kappa shape index (κ3) is 29.8. The molecule has 33 nitrogen and oxygen atoms in total. The topological polar surface area (TPSA) is 417 Å². The molecule has 138 heavy (non-hydrogen) atoms. The second kappa shape index (κ2) is 53.6. The Bertz CT molecular complexity index is 4600. The van der Waals surface area contributed by atoms with Gasteiger partial charge < -0.3 is 72.5 Å². The molecule has 8 heterocycles. The fraction of sp³-hybridized carbons (Fsp3) is 0.733. The van der Waals surface area contributed by atoms with Gasteiger partial charge in [-0.1, -0.05) is 142 Å². The predicted molar refractivity (Wildman–Crippen MR) is 515 cm³/mol. The fourth-order valence-corrected chi connectivity index (χ4v) is 21.7. The number of nitrogens with zero attached hydrogens (tertiary/aromatic N) is 10. The van der Waals surface area contributed by atoms with Crippen LogP contribution in [0.25, 0.3) is 0 Å². The zero-order valence-corrected chi connectivity index (χ0v) is 85.6. The van der Waals surface area contributed by atoms with Crippen molar-refractivity contribution < 1.29 is 111 Å². The normalized spacial score (nSPS) is 37.8. The van der Waals surface area contributed by atoms with Crippen LogP contribution in [-0.2, 0) is 95.3 Å². The van der Waals surface area contributed by atoms with E-state index in [1.54, 1.807) is 104 Å². The van der Waals surface area contributed by atoms with Gasteiger partial charge in [-0.2, -0.15) is 0 Å². The Kier molecular flexibility index (Phi) is 43.9. The summed E-state index contributed by atoms with van der Waals surface area (Å²) in [5.41, 5.74) is 1.18. The van der Waals surface area contributed by atoms with Crippen molar-refractivity contribution in [3.05, 3.63) is 108 Å². The first-order chi connectivity index (χ1) is 65.6. The van der Waals surface area contributed by atoms with E-state index in [-0.39, 0.29) is 140 Å². The number of carbonyl (C=O) groups excluding carboxylic acids is 10. The van der Waals surface area contributed by atoms with Gasteiger partial charge in [0.05, 0.1) is 48.7 Å². The summed E-state index contributed by atoms with van der Waals surface area (Å²) in [5, 5.41) is 58.7. The number of amides is 2. The smallest absolute Gasteiger partial charge is 0.329 e. The number of hydrogen-bond donors (Lipinski definition) is 3. The number of ether oxygens (including phenoxy) is 10. The maximum Gasteiger partial charge on any atom is 0.329 e. The number of tetrazole rings is 2. The van der Waals surface area contributed by atoms with E-state index in [1.165, 1.54) is 24.0 Å². The second-order valence-electron chi connectivity index (χ2n) is 41.2. The van der Waals surface area contributed by atoms with Crippen molar-refractivity contribution in [3.8, 4) is 0 Å². The Morgan fingerprint density at radius 3 is 1.32 bits per heavy atom. The van der Waals surface area contributed by atoms with Crippen LogP contribution in [-0.4, -0.2) is 276 Å². The van der Waals surface area contributed by atoms with E-state index < -0.39 is 137 Å². The lowest BCUT2D eigenvalue weighted by atomic mass is 9.77. The van der Waals surface area contributed by atoms with Crippen LogP contribution in [0.3, 0.4) is 0 Å². The third-order valence-electron chi connectivity index (χ3n) is 30.7. The summed E-state index contributed by atoms with van der Waals surface area (Å²) >= 11 is 0. The van der Waals surface area contributed by atoms with Crippen LogP contribution >= 0.6 is 0 Å². The third-order valence-corrected chi connectivity index (χ3v) is 30.7. The molecule has 6 fully saturated rings. The average molecular weight is 1930 g/mol. The van der Waals surface area contributed by atoms with Crippen LogP contribution in [0.5, 0.6) is 0 Å². The number of allylic oxidation sites excluding steroid dienone is 12. The molecule has 2 aromatic rings. The van der Waals surface area contributed by atoms with Crippen LogP contribution in [0.1, 0.15) is 270 Å². The van der Waals surface area contributed by atoms with Crippen LogP contribution < -0.4 is 0 Å². The average Bonchev–Trinajstić information content (AvgIpc) is 1.49. The maximum atomic E-state index is 14.7. The summed E-state index contributed by atoms with van der Waals surface area (Å²) in [6.45, 7) is 27.8. The molecule has 1 unspecified atom stereocenters. The molecule has 10 rings (SSSR count). The maximum absolute atomic E-state index is 14.7. The van der Waals surface area contributed by atoms with E-state index in [9.17, 15) is 63.3 Å². The van der Waals surface area contributed by atoms with Crippen molar-refractivity contribution in [2.45, 2.75) is 367 Å². The van der Waals surface area contributed by atoms with Crippen LogP contribution in [0.4, 0.5) is 0 Å². The minimum atomic E-state index is -2.86. The van der Waals surface area contributed by atoms with Gasteiger partial charge in [-0.05, 0) is 248 Å². The number of rotatable bonds is 14. The van der Waals surface area contributed by atoms with Gasteiger partial charge >= 0.3 is 17.7 Å². The number of aromatic nitrogens is 8. The van der Waals surface area contributed by atoms with Gasteiger partial charge in [0.15, 0.2) is 11.6 Å². The molecule has 0 aromatic carbocycles. The minimum absolute atomic E-state index is 0.0124. The van der Waals surface area contributed by atoms with Crippen LogP contribution in [0, 0.1) is 71.0 Å². The lowest BCUT2D eigenvalue weighted by Gasteiger charge is -2.44. The Hall–Kier alpha value is -8.48. The molecule has 33 heteroatoms. The molecule has 4 bridgehead atoms. The van der Waals surface area contributed by atoms with Gasteiger partial charge in [0.1, 0.15) is 78.5 Å². The highest BCUT2D eigenvalue weighted by molar-refractivity contribution is 6.39. The Morgan fingerprint density at radius 2 is 0.899 bits per heavy atom. The van der Waals surface area contributed by atoms with Gasteiger partial charge in [-0.3, -0.25) is 38.4 Å². The molecule has 8 aliphatic rings. The predicted octanol–water partition coefficient (Wildman–Crippen LogP) is 13.2. The first-order valence-electron chi connectivity index (χ1n) is 50.4. The summed E-state index contributed by atoms with van der Waals surface area (Å²) in [6, 6.07) is -2.28. The highest BCUT2D eigenvalue weighted by atomic mass is 16.6. The van der Waals surface area contributed by atoms with Gasteiger partial charge in [0.25, 0.3) is 17.6 Å². The minimum Gasteiger partial charge on any atom is -0.460 e. The number of hydrogen-bond acceptors (Lipinski definition) is 29. The number of aliphatic hydroxyl groups is 3. The number of methoxy groups -OCH3 is 6. The second-order valence-corrected chi connectivity index (χ2v) is 41.2. The highest BCUT2D eigenvalue weighted by Gasteiger charge is 2.56. The molecule has 2 saturated carbocycles. The molecule has 4 saturated heterocycles. The Balaban J connectivity index is 0.000000309. The van der Waals surface area contributed by atoms with E-state index in [2.05, 4.69) is 31.1 Å². The van der Waals surface area contributed by atoms with Gasteiger partial charge in [0.2, 0.25) is 5.78 Å². The van der Waals surface area contributed by atoms with Crippen LogP contribution in [0.2, 0.25) is 0 Å². The summed E-state index contributed by atoms with van der Waals surface area (Å²) in [4.78, 5) is 146.